The molecule has 0 bridgehead atoms. The van der Waals surface area contributed by atoms with Crippen molar-refractivity contribution in [2.24, 2.45) is 17.8 Å². The molecule has 1 fully saturated rings. The number of halogens is 1. The third-order valence-electron chi connectivity index (χ3n) is 14.3. The van der Waals surface area contributed by atoms with Crippen LogP contribution in [0.2, 0.25) is 36.3 Å². The fraction of sp³-hybridized carbons (Fsp3) is 0.480. The third-order valence-corrected chi connectivity index (χ3v) is 23.3. The molecule has 0 N–H and O–H groups in total. The Labute approximate surface area is 373 Å². The number of rotatable bonds is 13. The molecule has 0 saturated heterocycles. The van der Waals surface area contributed by atoms with Crippen molar-refractivity contribution in [3.63, 3.8) is 0 Å². The van der Waals surface area contributed by atoms with Crippen molar-refractivity contribution in [2.45, 2.75) is 116 Å². The second kappa shape index (κ2) is 17.1. The first-order valence-corrected chi connectivity index (χ1v) is 27.8. The quantitative estimate of drug-likeness (QED) is 0.0948. The monoisotopic (exact) mass is 894 g/mol. The molecule has 10 nitrogen and oxygen atoms in total. The summed E-state index contributed by atoms with van der Waals surface area (Å²) in [6.45, 7) is 21.4. The van der Waals surface area contributed by atoms with E-state index in [0.29, 0.717) is 5.56 Å². The average molecular weight is 895 g/mol. The Hall–Kier alpha value is -4.54. The predicted molar refractivity (Wildman–Crippen MR) is 247 cm³/mol. The Morgan fingerprint density at radius 2 is 1.44 bits per heavy atom. The second-order valence-corrected chi connectivity index (χ2v) is 30.3. The Morgan fingerprint density at radius 3 is 2.02 bits per heavy atom. The molecule has 0 spiro atoms. The smallest absolute Gasteiger partial charge is 0.265 e. The maximum atomic E-state index is 16.7. The van der Waals surface area contributed by atoms with Crippen LogP contribution in [0.4, 0.5) is 4.39 Å². The molecule has 3 aromatic carbocycles. The van der Waals surface area contributed by atoms with Crippen molar-refractivity contribution in [1.82, 2.24) is 10.1 Å². The number of ether oxygens (including phenoxy) is 2. The number of fused-ring (bicyclic) bond motifs is 4. The molecule has 13 heteroatoms. The molecule has 5 atom stereocenters. The van der Waals surface area contributed by atoms with E-state index in [2.05, 4.69) is 39.0 Å². The summed E-state index contributed by atoms with van der Waals surface area (Å²) in [5.41, 5.74) is 0.227. The molecule has 63 heavy (non-hydrogen) atoms. The second-order valence-electron chi connectivity index (χ2n) is 20.7. The lowest BCUT2D eigenvalue weighted by Gasteiger charge is -2.56. The van der Waals surface area contributed by atoms with Crippen LogP contribution < -0.4 is 9.47 Å². The molecule has 336 valence electrons. The highest BCUT2D eigenvalue weighted by Gasteiger charge is 2.70. The zero-order chi connectivity index (χ0) is 45.9. The number of carbonyl (C=O) groups excluding carboxylic acids is 3. The van der Waals surface area contributed by atoms with Crippen LogP contribution in [0, 0.1) is 23.6 Å². The summed E-state index contributed by atoms with van der Waals surface area (Å²) in [5.74, 6) is -4.70. The molecule has 1 aromatic heterocycles. The number of nitrogens with zero attached hydrogens (tertiary/aromatic N) is 2. The average Bonchev–Trinajstić information content (AvgIpc) is 3.63. The van der Waals surface area contributed by atoms with Gasteiger partial charge in [0.1, 0.15) is 30.3 Å². The van der Waals surface area contributed by atoms with Gasteiger partial charge in [0.25, 0.3) is 5.88 Å². The topological polar surface area (TPSA) is 117 Å². The van der Waals surface area contributed by atoms with Gasteiger partial charge in [0.2, 0.25) is 5.78 Å². The van der Waals surface area contributed by atoms with E-state index in [4.69, 9.17) is 22.8 Å². The van der Waals surface area contributed by atoms with Gasteiger partial charge >= 0.3 is 0 Å². The number of carbonyl (C=O) groups is 3. The summed E-state index contributed by atoms with van der Waals surface area (Å²) in [5, 5.41) is 3.84. The summed E-state index contributed by atoms with van der Waals surface area (Å²) in [7, 11) is -1.38. The van der Waals surface area contributed by atoms with Crippen molar-refractivity contribution in [2.75, 3.05) is 20.7 Å². The SMILES string of the molecule is CN(C)[C@@H]1c2onc(OCc3ccccc3)c2C(=O)[C@@]2(O[Si](C)(C)C(C)(C)C)C(=O)C3C(=O)c4c(c(F)cc(/C=C/CO[Si](C)(C)C(C)(C)C)c4OCc4ccccc4)C[C@H]3C[C@@H]12. The van der Waals surface area contributed by atoms with Crippen LogP contribution in [0.3, 0.4) is 0 Å². The third kappa shape index (κ3) is 8.47. The lowest BCUT2D eigenvalue weighted by Crippen LogP contribution is -2.70. The van der Waals surface area contributed by atoms with Crippen LogP contribution >= 0.6 is 0 Å². The minimum absolute atomic E-state index is 0.0123. The molecule has 4 aromatic rings. The van der Waals surface area contributed by atoms with E-state index in [0.717, 1.165) is 11.1 Å². The van der Waals surface area contributed by atoms with Gasteiger partial charge in [-0.05, 0) is 91.5 Å². The number of Topliss-reactive ketones (excluding diaryl/α,β-unsaturated/α-hetero) is 3. The summed E-state index contributed by atoms with van der Waals surface area (Å²) < 4.78 is 49.1. The molecule has 0 amide bonds. The number of aromatic nitrogens is 1. The highest BCUT2D eigenvalue weighted by atomic mass is 28.4. The Kier molecular flexibility index (Phi) is 12.6. The van der Waals surface area contributed by atoms with Gasteiger partial charge in [0.05, 0.1) is 24.1 Å². The van der Waals surface area contributed by atoms with Gasteiger partial charge in [0, 0.05) is 17.0 Å². The van der Waals surface area contributed by atoms with Gasteiger partial charge in [-0.25, -0.2) is 4.39 Å². The maximum Gasteiger partial charge on any atom is 0.265 e. The lowest BCUT2D eigenvalue weighted by molar-refractivity contribution is -0.151. The lowest BCUT2D eigenvalue weighted by atomic mass is 9.54. The predicted octanol–water partition coefficient (Wildman–Crippen LogP) is 10.8. The fourth-order valence-electron chi connectivity index (χ4n) is 8.86. The van der Waals surface area contributed by atoms with Crippen molar-refractivity contribution in [3.05, 3.63) is 118 Å². The van der Waals surface area contributed by atoms with Gasteiger partial charge in [-0.15, -0.1) is 0 Å². The van der Waals surface area contributed by atoms with Crippen LogP contribution in [-0.2, 0) is 33.3 Å². The molecular formula is C50H63FN2O8Si2. The zero-order valence-electron chi connectivity index (χ0n) is 38.9. The van der Waals surface area contributed by atoms with Crippen molar-refractivity contribution < 1.29 is 41.6 Å². The van der Waals surface area contributed by atoms with Crippen molar-refractivity contribution in [1.29, 1.82) is 0 Å². The van der Waals surface area contributed by atoms with Crippen LogP contribution in [0.15, 0.2) is 77.3 Å². The Morgan fingerprint density at radius 1 is 0.857 bits per heavy atom. The van der Waals surface area contributed by atoms with Crippen LogP contribution in [0.5, 0.6) is 11.6 Å². The first-order valence-electron chi connectivity index (χ1n) is 22.0. The van der Waals surface area contributed by atoms with E-state index in [1.807, 2.05) is 120 Å². The molecule has 3 aliphatic rings. The molecule has 1 heterocycles. The zero-order valence-corrected chi connectivity index (χ0v) is 40.9. The van der Waals surface area contributed by atoms with Crippen LogP contribution in [0.25, 0.3) is 6.08 Å². The van der Waals surface area contributed by atoms with E-state index in [1.165, 1.54) is 6.07 Å². The number of hydrogen-bond donors (Lipinski definition) is 0. The summed E-state index contributed by atoms with van der Waals surface area (Å²) in [4.78, 5) is 49.0. The number of benzene rings is 3. The minimum Gasteiger partial charge on any atom is -0.488 e. The van der Waals surface area contributed by atoms with E-state index < -0.39 is 74.2 Å². The Bertz CT molecular complexity index is 2400. The van der Waals surface area contributed by atoms with Crippen molar-refractivity contribution in [3.8, 4) is 11.6 Å². The van der Waals surface area contributed by atoms with E-state index in [1.54, 1.807) is 6.08 Å². The number of ketones is 3. The van der Waals surface area contributed by atoms with Crippen LogP contribution in [0.1, 0.15) is 103 Å². The largest absolute Gasteiger partial charge is 0.488 e. The van der Waals surface area contributed by atoms with Crippen LogP contribution in [-0.4, -0.2) is 70.3 Å². The van der Waals surface area contributed by atoms with Gasteiger partial charge in [-0.2, -0.15) is 0 Å². The highest BCUT2D eigenvalue weighted by Crippen LogP contribution is 2.59. The van der Waals surface area contributed by atoms with Crippen molar-refractivity contribution >= 4 is 40.1 Å². The molecule has 7 rings (SSSR count). The Balaban J connectivity index is 1.36. The molecule has 0 aliphatic heterocycles. The fourth-order valence-corrected chi connectivity index (χ4v) is 11.3. The van der Waals surface area contributed by atoms with Gasteiger partial charge in [0.15, 0.2) is 39.6 Å². The molecule has 0 radical (unpaired) electrons. The molecule has 1 unspecified atom stereocenters. The highest BCUT2D eigenvalue weighted by molar-refractivity contribution is 6.75. The van der Waals surface area contributed by atoms with E-state index >= 15 is 18.8 Å². The first-order chi connectivity index (χ1) is 29.5. The van der Waals surface area contributed by atoms with Gasteiger partial charge in [-0.3, -0.25) is 19.3 Å². The minimum atomic E-state index is -2.99. The molecule has 3 aliphatic carbocycles. The number of hydrogen-bond acceptors (Lipinski definition) is 10. The molecule has 1 saturated carbocycles. The standard InChI is InChI=1S/C50H63FN2O8Si2/c1-48(2,3)62(9,10)59-25-19-24-33-28-37(51)35-26-34-27-36-41(53(7)8)44-40(47(52-60-44)58-30-32-22-17-14-18-23-32)46(56)50(36,61-63(11,12)49(4,5)6)45(55)38(34)42(54)39(35)43(33)57-29-31-20-15-13-16-21-31/h13-24,28,34,36,38,41H,25-27,29-30H2,1-12H3/b24-19+/t34-,36-,38?,41-,50-/m0/s1. The molecular weight excluding hydrogens is 832 g/mol. The summed E-state index contributed by atoms with van der Waals surface area (Å²) in [6.07, 6.45) is 3.84. The van der Waals surface area contributed by atoms with Gasteiger partial charge in [-0.1, -0.05) is 114 Å². The summed E-state index contributed by atoms with van der Waals surface area (Å²) >= 11 is 0. The first kappa shape index (κ1) is 46.5. The normalized spacial score (nSPS) is 22.8. The van der Waals surface area contributed by atoms with E-state index in [9.17, 15) is 0 Å². The van der Waals surface area contributed by atoms with E-state index in [-0.39, 0.29) is 71.8 Å². The summed E-state index contributed by atoms with van der Waals surface area (Å²) in [6, 6.07) is 19.8. The maximum absolute atomic E-state index is 16.7. The van der Waals surface area contributed by atoms with Gasteiger partial charge < -0.3 is 22.8 Å².